The van der Waals surface area contributed by atoms with Gasteiger partial charge in [0.2, 0.25) is 0 Å². The van der Waals surface area contributed by atoms with Crippen molar-refractivity contribution in [2.75, 3.05) is 13.7 Å². The van der Waals surface area contributed by atoms with Gasteiger partial charge < -0.3 is 9.84 Å². The molecule has 0 saturated heterocycles. The quantitative estimate of drug-likeness (QED) is 0.481. The van der Waals surface area contributed by atoms with E-state index in [1.807, 2.05) is 84.9 Å². The van der Waals surface area contributed by atoms with Gasteiger partial charge in [-0.2, -0.15) is 0 Å². The van der Waals surface area contributed by atoms with E-state index in [2.05, 4.69) is 0 Å². The Morgan fingerprint density at radius 3 is 2.11 bits per heavy atom. The number of rotatable bonds is 7. The minimum Gasteiger partial charge on any atom is -0.386 e. The minimum atomic E-state index is -0.612. The molecule has 0 radical (unpaired) electrons. The number of ketones is 1. The normalized spacial score (nSPS) is 12.2. The molecule has 3 nitrogen and oxygen atoms in total. The minimum absolute atomic E-state index is 0.00937. The zero-order chi connectivity index (χ0) is 19.1. The van der Waals surface area contributed by atoms with E-state index in [4.69, 9.17) is 4.74 Å². The fourth-order valence-corrected chi connectivity index (χ4v) is 2.81. The van der Waals surface area contributed by atoms with Gasteiger partial charge in [-0.25, -0.2) is 0 Å². The van der Waals surface area contributed by atoms with Gasteiger partial charge in [-0.1, -0.05) is 84.9 Å². The van der Waals surface area contributed by atoms with Gasteiger partial charge in [-0.05, 0) is 28.3 Å². The smallest absolute Gasteiger partial charge is 0.185 e. The summed E-state index contributed by atoms with van der Waals surface area (Å²) in [6, 6.07) is 25.0. The molecule has 1 unspecified atom stereocenters. The Hall–Kier alpha value is -3.01. The van der Waals surface area contributed by atoms with Crippen LogP contribution in [0.1, 0.15) is 27.6 Å². The first-order valence-electron chi connectivity index (χ1n) is 8.82. The molecule has 0 bridgehead atoms. The van der Waals surface area contributed by atoms with Crippen molar-refractivity contribution >= 4 is 11.9 Å². The number of allylic oxidation sites excluding steroid dienone is 1. The van der Waals surface area contributed by atoms with E-state index in [-0.39, 0.29) is 12.4 Å². The fourth-order valence-electron chi connectivity index (χ4n) is 2.81. The van der Waals surface area contributed by atoms with Crippen molar-refractivity contribution in [2.45, 2.75) is 6.10 Å². The molecule has 0 aliphatic heterocycles. The van der Waals surface area contributed by atoms with Crippen LogP contribution in [0.5, 0.6) is 0 Å². The molecule has 3 heteroatoms. The molecule has 3 rings (SSSR count). The Labute approximate surface area is 159 Å². The lowest BCUT2D eigenvalue weighted by Crippen LogP contribution is -2.04. The second kappa shape index (κ2) is 9.08. The maximum absolute atomic E-state index is 12.1. The van der Waals surface area contributed by atoms with Gasteiger partial charge in [0, 0.05) is 12.7 Å². The summed E-state index contributed by atoms with van der Waals surface area (Å²) in [5.74, 6) is -0.00937. The second-order valence-electron chi connectivity index (χ2n) is 6.28. The Bertz CT molecular complexity index is 895. The third kappa shape index (κ3) is 5.00. The Balaban J connectivity index is 1.68. The fraction of sp³-hybridized carbons (Fsp3) is 0.125. The van der Waals surface area contributed by atoms with Gasteiger partial charge in [-0.15, -0.1) is 0 Å². The van der Waals surface area contributed by atoms with Crippen LogP contribution in [0, 0.1) is 0 Å². The van der Waals surface area contributed by atoms with Gasteiger partial charge >= 0.3 is 0 Å². The monoisotopic (exact) mass is 358 g/mol. The van der Waals surface area contributed by atoms with E-state index in [0.29, 0.717) is 5.56 Å². The Morgan fingerprint density at radius 2 is 1.52 bits per heavy atom. The number of aliphatic hydroxyl groups is 1. The molecule has 0 amide bonds. The molecular formula is C24H22O3. The van der Waals surface area contributed by atoms with E-state index in [0.717, 1.165) is 22.3 Å². The Morgan fingerprint density at radius 1 is 0.926 bits per heavy atom. The molecule has 0 saturated carbocycles. The summed E-state index contributed by atoms with van der Waals surface area (Å²) in [7, 11) is 1.57. The molecule has 0 aromatic heterocycles. The van der Waals surface area contributed by atoms with E-state index >= 15 is 0 Å². The second-order valence-corrected chi connectivity index (χ2v) is 6.28. The lowest BCUT2D eigenvalue weighted by atomic mass is 10.0. The highest BCUT2D eigenvalue weighted by atomic mass is 16.5. The van der Waals surface area contributed by atoms with Crippen molar-refractivity contribution in [3.63, 3.8) is 0 Å². The zero-order valence-electron chi connectivity index (χ0n) is 15.2. The molecule has 1 atom stereocenters. The summed E-state index contributed by atoms with van der Waals surface area (Å²) in [5, 5.41) is 9.94. The number of carbonyl (C=O) groups excluding carboxylic acids is 1. The van der Waals surface area contributed by atoms with E-state index in [9.17, 15) is 9.90 Å². The third-order valence-electron chi connectivity index (χ3n) is 4.35. The molecule has 3 aromatic rings. The highest BCUT2D eigenvalue weighted by Gasteiger charge is 2.07. The van der Waals surface area contributed by atoms with E-state index in [1.54, 1.807) is 13.2 Å². The van der Waals surface area contributed by atoms with E-state index < -0.39 is 6.10 Å². The van der Waals surface area contributed by atoms with Crippen LogP contribution in [0.2, 0.25) is 0 Å². The van der Waals surface area contributed by atoms with Crippen LogP contribution in [-0.2, 0) is 4.74 Å². The van der Waals surface area contributed by atoms with E-state index in [1.165, 1.54) is 0 Å². The van der Waals surface area contributed by atoms with Crippen molar-refractivity contribution in [2.24, 2.45) is 0 Å². The zero-order valence-corrected chi connectivity index (χ0v) is 15.2. The SMILES string of the molecule is COCC(O)c1ccc(-c2ccc(/C=C/C(=O)c3ccccc3)cc2)cc1. The third-order valence-corrected chi connectivity index (χ3v) is 4.35. The topological polar surface area (TPSA) is 46.5 Å². The first-order chi connectivity index (χ1) is 13.2. The van der Waals surface area contributed by atoms with Crippen molar-refractivity contribution < 1.29 is 14.6 Å². The molecule has 0 heterocycles. The van der Waals surface area contributed by atoms with Crippen LogP contribution in [0.3, 0.4) is 0 Å². The van der Waals surface area contributed by atoms with Crippen LogP contribution in [0.25, 0.3) is 17.2 Å². The number of methoxy groups -OCH3 is 1. The number of carbonyl (C=O) groups is 1. The molecule has 0 aliphatic rings. The first-order valence-corrected chi connectivity index (χ1v) is 8.82. The van der Waals surface area contributed by atoms with Gasteiger partial charge in [0.15, 0.2) is 5.78 Å². The number of ether oxygens (including phenoxy) is 1. The molecule has 0 aliphatic carbocycles. The number of hydrogen-bond donors (Lipinski definition) is 1. The highest BCUT2D eigenvalue weighted by molar-refractivity contribution is 6.06. The average molecular weight is 358 g/mol. The summed E-state index contributed by atoms with van der Waals surface area (Å²) in [6.45, 7) is 0.280. The van der Waals surface area contributed by atoms with Crippen LogP contribution in [-0.4, -0.2) is 24.6 Å². The molecule has 0 spiro atoms. The van der Waals surface area contributed by atoms with Crippen molar-refractivity contribution in [3.8, 4) is 11.1 Å². The van der Waals surface area contributed by atoms with Crippen molar-refractivity contribution in [3.05, 3.63) is 102 Å². The maximum Gasteiger partial charge on any atom is 0.185 e. The first kappa shape index (κ1) is 18.8. The largest absolute Gasteiger partial charge is 0.386 e. The highest BCUT2D eigenvalue weighted by Crippen LogP contribution is 2.23. The predicted octanol–water partition coefficient (Wildman–Crippen LogP) is 4.93. The summed E-state index contributed by atoms with van der Waals surface area (Å²) < 4.78 is 4.97. The molecular weight excluding hydrogens is 336 g/mol. The maximum atomic E-state index is 12.1. The van der Waals surface area contributed by atoms with Crippen LogP contribution in [0.4, 0.5) is 0 Å². The van der Waals surface area contributed by atoms with Gasteiger partial charge in [0.05, 0.1) is 6.61 Å². The molecule has 0 fully saturated rings. The lowest BCUT2D eigenvalue weighted by Gasteiger charge is -2.10. The Kier molecular flexibility index (Phi) is 6.31. The van der Waals surface area contributed by atoms with Crippen molar-refractivity contribution in [1.29, 1.82) is 0 Å². The number of aliphatic hydroxyl groups excluding tert-OH is 1. The summed E-state index contributed by atoms with van der Waals surface area (Å²) in [4.78, 5) is 12.1. The number of benzene rings is 3. The average Bonchev–Trinajstić information content (AvgIpc) is 2.73. The predicted molar refractivity (Wildman–Crippen MR) is 109 cm³/mol. The van der Waals surface area contributed by atoms with Gasteiger partial charge in [-0.3, -0.25) is 4.79 Å². The lowest BCUT2D eigenvalue weighted by molar-refractivity contribution is 0.0644. The number of hydrogen-bond acceptors (Lipinski definition) is 3. The van der Waals surface area contributed by atoms with Gasteiger partial charge in [0.25, 0.3) is 0 Å². The molecule has 27 heavy (non-hydrogen) atoms. The molecule has 3 aromatic carbocycles. The van der Waals surface area contributed by atoms with Crippen LogP contribution in [0.15, 0.2) is 84.9 Å². The van der Waals surface area contributed by atoms with Gasteiger partial charge in [0.1, 0.15) is 6.10 Å². The van der Waals surface area contributed by atoms with Crippen LogP contribution >= 0.6 is 0 Å². The standard InChI is InChI=1S/C24H22O3/c1-27-17-24(26)22-14-12-20(13-15-22)19-10-7-18(8-11-19)9-16-23(25)21-5-3-2-4-6-21/h2-16,24,26H,17H2,1H3/b16-9+. The van der Waals surface area contributed by atoms with Crippen LogP contribution < -0.4 is 0 Å². The summed E-state index contributed by atoms with van der Waals surface area (Å²) in [6.07, 6.45) is 2.80. The van der Waals surface area contributed by atoms with Crippen molar-refractivity contribution in [1.82, 2.24) is 0 Å². The molecule has 1 N–H and O–H groups in total. The summed E-state index contributed by atoms with van der Waals surface area (Å²) >= 11 is 0. The molecule has 136 valence electrons. The summed E-state index contributed by atoms with van der Waals surface area (Å²) in [5.41, 5.74) is 4.63.